The minimum Gasteiger partial charge on any atom is -0.316 e. The average molecular weight is 265 g/mol. The first kappa shape index (κ1) is 14.4. The van der Waals surface area contributed by atoms with Crippen molar-refractivity contribution in [3.05, 3.63) is 35.6 Å². The van der Waals surface area contributed by atoms with Crippen LogP contribution in [0.15, 0.2) is 24.3 Å². The second-order valence-corrected chi connectivity index (χ2v) is 5.08. The molecular formula is C15H24FN3. The Bertz CT molecular complexity index is 364. The quantitative estimate of drug-likeness (QED) is 0.727. The summed E-state index contributed by atoms with van der Waals surface area (Å²) in [7, 11) is 0. The Labute approximate surface area is 115 Å². The summed E-state index contributed by atoms with van der Waals surface area (Å²) >= 11 is 0. The van der Waals surface area contributed by atoms with Crippen molar-refractivity contribution in [3.63, 3.8) is 0 Å². The summed E-state index contributed by atoms with van der Waals surface area (Å²) in [5.74, 6) is -0.142. The van der Waals surface area contributed by atoms with Gasteiger partial charge >= 0.3 is 0 Å². The maximum Gasteiger partial charge on any atom is 0.123 e. The highest BCUT2D eigenvalue weighted by Crippen LogP contribution is 2.03. The summed E-state index contributed by atoms with van der Waals surface area (Å²) < 4.78 is 13.0. The summed E-state index contributed by atoms with van der Waals surface area (Å²) in [5, 5.41) is 6.79. The molecule has 1 fully saturated rings. The van der Waals surface area contributed by atoms with E-state index < -0.39 is 0 Å². The third-order valence-corrected chi connectivity index (χ3v) is 3.52. The molecule has 0 unspecified atom stereocenters. The van der Waals surface area contributed by atoms with Crippen molar-refractivity contribution in [2.24, 2.45) is 0 Å². The lowest BCUT2D eigenvalue weighted by molar-refractivity contribution is 0.238. The Morgan fingerprint density at radius 3 is 2.84 bits per heavy atom. The van der Waals surface area contributed by atoms with E-state index >= 15 is 0 Å². The van der Waals surface area contributed by atoms with E-state index in [1.807, 2.05) is 6.07 Å². The lowest BCUT2D eigenvalue weighted by Crippen LogP contribution is -2.44. The van der Waals surface area contributed by atoms with Crippen molar-refractivity contribution in [3.8, 4) is 0 Å². The van der Waals surface area contributed by atoms with Crippen LogP contribution in [0.3, 0.4) is 0 Å². The van der Waals surface area contributed by atoms with Gasteiger partial charge in [-0.2, -0.15) is 0 Å². The standard InChI is InChI=1S/C15H24FN3/c16-15-4-1-3-14(13-15)5-7-17-6-2-10-19-11-8-18-9-12-19/h1,3-4,13,17-18H,2,5-12H2. The van der Waals surface area contributed by atoms with Gasteiger partial charge in [-0.25, -0.2) is 4.39 Å². The first-order chi connectivity index (χ1) is 9.34. The van der Waals surface area contributed by atoms with E-state index in [2.05, 4.69) is 15.5 Å². The molecule has 0 radical (unpaired) electrons. The smallest absolute Gasteiger partial charge is 0.123 e. The van der Waals surface area contributed by atoms with E-state index in [-0.39, 0.29) is 5.82 Å². The Hall–Kier alpha value is -0.970. The van der Waals surface area contributed by atoms with Crippen LogP contribution < -0.4 is 10.6 Å². The van der Waals surface area contributed by atoms with Crippen molar-refractivity contribution in [2.45, 2.75) is 12.8 Å². The van der Waals surface area contributed by atoms with Crippen LogP contribution in [0.25, 0.3) is 0 Å². The van der Waals surface area contributed by atoms with Gasteiger partial charge in [0.25, 0.3) is 0 Å². The molecule has 4 heteroatoms. The molecule has 19 heavy (non-hydrogen) atoms. The fourth-order valence-electron chi connectivity index (χ4n) is 2.41. The lowest BCUT2D eigenvalue weighted by Gasteiger charge is -2.27. The third kappa shape index (κ3) is 5.68. The topological polar surface area (TPSA) is 27.3 Å². The minimum atomic E-state index is -0.142. The number of nitrogens with one attached hydrogen (secondary N) is 2. The molecule has 0 atom stereocenters. The number of halogens is 1. The fourth-order valence-corrected chi connectivity index (χ4v) is 2.41. The van der Waals surface area contributed by atoms with E-state index in [4.69, 9.17) is 0 Å². The maximum atomic E-state index is 13.0. The molecule has 0 aromatic heterocycles. The van der Waals surface area contributed by atoms with E-state index in [0.29, 0.717) is 0 Å². The summed E-state index contributed by atoms with van der Waals surface area (Å²) in [6.07, 6.45) is 2.08. The molecule has 2 rings (SSSR count). The molecule has 0 aliphatic carbocycles. The minimum absolute atomic E-state index is 0.142. The van der Waals surface area contributed by atoms with Crippen LogP contribution in [0.1, 0.15) is 12.0 Å². The van der Waals surface area contributed by atoms with Gasteiger partial charge in [0.05, 0.1) is 0 Å². The Morgan fingerprint density at radius 2 is 2.05 bits per heavy atom. The first-order valence-electron chi connectivity index (χ1n) is 7.23. The van der Waals surface area contributed by atoms with Crippen LogP contribution in [0.2, 0.25) is 0 Å². The molecule has 1 aromatic carbocycles. The Morgan fingerprint density at radius 1 is 1.21 bits per heavy atom. The van der Waals surface area contributed by atoms with Gasteiger partial charge in [-0.1, -0.05) is 12.1 Å². The highest BCUT2D eigenvalue weighted by molar-refractivity contribution is 5.16. The molecule has 106 valence electrons. The van der Waals surface area contributed by atoms with Gasteiger partial charge in [-0.15, -0.1) is 0 Å². The summed E-state index contributed by atoms with van der Waals surface area (Å²) in [4.78, 5) is 2.50. The molecule has 0 bridgehead atoms. The molecular weight excluding hydrogens is 241 g/mol. The maximum absolute atomic E-state index is 13.0. The van der Waals surface area contributed by atoms with Crippen molar-refractivity contribution >= 4 is 0 Å². The number of piperazine rings is 1. The van der Waals surface area contributed by atoms with Crippen molar-refractivity contribution in [1.29, 1.82) is 0 Å². The van der Waals surface area contributed by atoms with Crippen molar-refractivity contribution in [2.75, 3.05) is 45.8 Å². The SMILES string of the molecule is Fc1cccc(CCNCCCN2CCNCC2)c1. The summed E-state index contributed by atoms with van der Waals surface area (Å²) in [5.41, 5.74) is 1.06. The van der Waals surface area contributed by atoms with Gasteiger partial charge in [0.1, 0.15) is 5.82 Å². The first-order valence-corrected chi connectivity index (χ1v) is 7.23. The highest BCUT2D eigenvalue weighted by atomic mass is 19.1. The fraction of sp³-hybridized carbons (Fsp3) is 0.600. The molecule has 1 aromatic rings. The van der Waals surface area contributed by atoms with Crippen LogP contribution in [-0.2, 0) is 6.42 Å². The lowest BCUT2D eigenvalue weighted by atomic mass is 10.1. The number of hydrogen-bond acceptors (Lipinski definition) is 3. The number of hydrogen-bond donors (Lipinski definition) is 2. The van der Waals surface area contributed by atoms with Gasteiger partial charge in [0, 0.05) is 26.2 Å². The predicted octanol–water partition coefficient (Wildman–Crippen LogP) is 1.25. The van der Waals surface area contributed by atoms with E-state index in [1.54, 1.807) is 12.1 Å². The molecule has 0 amide bonds. The van der Waals surface area contributed by atoms with Crippen LogP contribution in [-0.4, -0.2) is 50.7 Å². The average Bonchev–Trinajstić information content (AvgIpc) is 2.44. The Balaban J connectivity index is 1.50. The highest BCUT2D eigenvalue weighted by Gasteiger charge is 2.07. The third-order valence-electron chi connectivity index (χ3n) is 3.52. The van der Waals surface area contributed by atoms with Gasteiger partial charge in [-0.05, 0) is 50.2 Å². The zero-order valence-electron chi connectivity index (χ0n) is 11.5. The molecule has 1 aliphatic rings. The second-order valence-electron chi connectivity index (χ2n) is 5.08. The van der Waals surface area contributed by atoms with Crippen LogP contribution in [0, 0.1) is 5.82 Å². The van der Waals surface area contributed by atoms with Crippen molar-refractivity contribution < 1.29 is 4.39 Å². The zero-order valence-corrected chi connectivity index (χ0v) is 11.5. The van der Waals surface area contributed by atoms with Crippen LogP contribution in [0.4, 0.5) is 4.39 Å². The molecule has 2 N–H and O–H groups in total. The molecule has 1 heterocycles. The predicted molar refractivity (Wildman–Crippen MR) is 76.9 cm³/mol. The molecule has 0 saturated carbocycles. The van der Waals surface area contributed by atoms with Crippen LogP contribution >= 0.6 is 0 Å². The molecule has 1 aliphatic heterocycles. The monoisotopic (exact) mass is 265 g/mol. The second kappa shape index (κ2) is 8.25. The summed E-state index contributed by atoms with van der Waals surface area (Å²) in [6, 6.07) is 6.85. The van der Waals surface area contributed by atoms with Gasteiger partial charge in [0.15, 0.2) is 0 Å². The normalized spacial score (nSPS) is 16.7. The van der Waals surface area contributed by atoms with E-state index in [9.17, 15) is 4.39 Å². The number of rotatable bonds is 7. The van der Waals surface area contributed by atoms with Gasteiger partial charge in [-0.3, -0.25) is 0 Å². The largest absolute Gasteiger partial charge is 0.316 e. The van der Waals surface area contributed by atoms with Crippen LogP contribution in [0.5, 0.6) is 0 Å². The van der Waals surface area contributed by atoms with Gasteiger partial charge < -0.3 is 15.5 Å². The number of nitrogens with zero attached hydrogens (tertiary/aromatic N) is 1. The van der Waals surface area contributed by atoms with E-state index in [1.165, 1.54) is 32.1 Å². The van der Waals surface area contributed by atoms with Gasteiger partial charge in [0.2, 0.25) is 0 Å². The number of benzene rings is 1. The Kier molecular flexibility index (Phi) is 6.27. The van der Waals surface area contributed by atoms with E-state index in [0.717, 1.165) is 38.2 Å². The van der Waals surface area contributed by atoms with Crippen molar-refractivity contribution in [1.82, 2.24) is 15.5 Å². The molecule has 1 saturated heterocycles. The molecule has 3 nitrogen and oxygen atoms in total. The summed E-state index contributed by atoms with van der Waals surface area (Å²) in [6.45, 7) is 7.71. The zero-order chi connectivity index (χ0) is 13.3. The molecule has 0 spiro atoms.